The van der Waals surface area contributed by atoms with Gasteiger partial charge in [-0.3, -0.25) is 4.90 Å². The fraction of sp³-hybridized carbons (Fsp3) is 0.556. The van der Waals surface area contributed by atoms with Gasteiger partial charge in [-0.1, -0.05) is 26.0 Å². The van der Waals surface area contributed by atoms with Crippen molar-refractivity contribution in [2.24, 2.45) is 0 Å². The molecule has 1 fully saturated rings. The summed E-state index contributed by atoms with van der Waals surface area (Å²) in [6.07, 6.45) is 0. The van der Waals surface area contributed by atoms with Crippen molar-refractivity contribution in [2.45, 2.75) is 26.3 Å². The van der Waals surface area contributed by atoms with Crippen molar-refractivity contribution in [1.29, 1.82) is 0 Å². The van der Waals surface area contributed by atoms with E-state index in [1.165, 1.54) is 22.2 Å². The van der Waals surface area contributed by atoms with Crippen molar-refractivity contribution >= 4 is 10.9 Å². The minimum absolute atomic E-state index is 0.544. The molecule has 0 amide bonds. The van der Waals surface area contributed by atoms with E-state index in [4.69, 9.17) is 4.74 Å². The van der Waals surface area contributed by atoms with Crippen LogP contribution in [0.2, 0.25) is 0 Å². The second-order valence-corrected chi connectivity index (χ2v) is 6.43. The Kier molecular flexibility index (Phi) is 5.13. The lowest BCUT2D eigenvalue weighted by molar-refractivity contribution is 0.0384. The summed E-state index contributed by atoms with van der Waals surface area (Å²) in [5.74, 6) is 0.544. The van der Waals surface area contributed by atoms with Gasteiger partial charge in [-0.2, -0.15) is 0 Å². The van der Waals surface area contributed by atoms with Gasteiger partial charge < -0.3 is 15.0 Å². The van der Waals surface area contributed by atoms with Gasteiger partial charge in [0.05, 0.1) is 13.2 Å². The zero-order chi connectivity index (χ0) is 15.4. The summed E-state index contributed by atoms with van der Waals surface area (Å²) in [5.41, 5.74) is 3.90. The largest absolute Gasteiger partial charge is 0.379 e. The SMILES string of the molecule is CC(C)c1cc2ccc(CNCCN3CCOCC3)cc2[nH]1. The lowest BCUT2D eigenvalue weighted by Gasteiger charge is -2.26. The summed E-state index contributed by atoms with van der Waals surface area (Å²) in [7, 11) is 0. The highest BCUT2D eigenvalue weighted by Gasteiger charge is 2.09. The number of hydrogen-bond donors (Lipinski definition) is 2. The maximum atomic E-state index is 5.37. The normalized spacial score (nSPS) is 16.7. The van der Waals surface area contributed by atoms with Crippen molar-refractivity contribution in [3.05, 3.63) is 35.5 Å². The number of aromatic amines is 1. The van der Waals surface area contributed by atoms with Crippen LogP contribution in [-0.4, -0.2) is 49.3 Å². The number of H-pyrrole nitrogens is 1. The van der Waals surface area contributed by atoms with E-state index in [1.807, 2.05) is 0 Å². The monoisotopic (exact) mass is 301 g/mol. The molecule has 1 saturated heterocycles. The van der Waals surface area contributed by atoms with Gasteiger partial charge in [0.2, 0.25) is 0 Å². The third-order valence-corrected chi connectivity index (χ3v) is 4.37. The van der Waals surface area contributed by atoms with E-state index in [9.17, 15) is 0 Å². The Balaban J connectivity index is 1.50. The zero-order valence-electron chi connectivity index (χ0n) is 13.7. The van der Waals surface area contributed by atoms with Gasteiger partial charge in [0.15, 0.2) is 0 Å². The predicted octanol–water partition coefficient (Wildman–Crippen LogP) is 2.71. The molecule has 1 aliphatic heterocycles. The van der Waals surface area contributed by atoms with Crippen molar-refractivity contribution < 1.29 is 4.74 Å². The fourth-order valence-electron chi connectivity index (χ4n) is 2.91. The Morgan fingerprint density at radius 1 is 1.23 bits per heavy atom. The van der Waals surface area contributed by atoms with E-state index >= 15 is 0 Å². The van der Waals surface area contributed by atoms with E-state index < -0.39 is 0 Å². The highest BCUT2D eigenvalue weighted by molar-refractivity contribution is 5.81. The van der Waals surface area contributed by atoms with Crippen molar-refractivity contribution in [1.82, 2.24) is 15.2 Å². The minimum atomic E-state index is 0.544. The predicted molar refractivity (Wildman–Crippen MR) is 91.4 cm³/mol. The lowest BCUT2D eigenvalue weighted by atomic mass is 10.1. The van der Waals surface area contributed by atoms with Crippen molar-refractivity contribution in [2.75, 3.05) is 39.4 Å². The molecule has 0 spiro atoms. The number of rotatable bonds is 6. The van der Waals surface area contributed by atoms with E-state index in [0.717, 1.165) is 45.9 Å². The first-order valence-electron chi connectivity index (χ1n) is 8.35. The van der Waals surface area contributed by atoms with Crippen LogP contribution in [0, 0.1) is 0 Å². The number of ether oxygens (including phenoxy) is 1. The molecule has 2 N–H and O–H groups in total. The Morgan fingerprint density at radius 2 is 2.05 bits per heavy atom. The molecule has 0 atom stereocenters. The maximum Gasteiger partial charge on any atom is 0.0594 e. The number of benzene rings is 1. The summed E-state index contributed by atoms with van der Waals surface area (Å²) in [4.78, 5) is 5.99. The molecular formula is C18H27N3O. The first-order chi connectivity index (χ1) is 10.7. The minimum Gasteiger partial charge on any atom is -0.379 e. The molecular weight excluding hydrogens is 274 g/mol. The summed E-state index contributed by atoms with van der Waals surface area (Å²) < 4.78 is 5.37. The van der Waals surface area contributed by atoms with Crippen LogP contribution >= 0.6 is 0 Å². The molecule has 2 aromatic rings. The summed E-state index contributed by atoms with van der Waals surface area (Å²) in [6, 6.07) is 8.97. The Hall–Kier alpha value is -1.36. The average Bonchev–Trinajstić information content (AvgIpc) is 2.96. The number of hydrogen-bond acceptors (Lipinski definition) is 3. The number of nitrogens with zero attached hydrogens (tertiary/aromatic N) is 1. The number of aromatic nitrogens is 1. The zero-order valence-corrected chi connectivity index (χ0v) is 13.7. The van der Waals surface area contributed by atoms with Crippen LogP contribution in [0.3, 0.4) is 0 Å². The average molecular weight is 301 g/mol. The second-order valence-electron chi connectivity index (χ2n) is 6.43. The molecule has 1 aromatic carbocycles. The molecule has 120 valence electrons. The third kappa shape index (κ3) is 3.88. The van der Waals surface area contributed by atoms with Crippen LogP contribution in [0.15, 0.2) is 24.3 Å². The second kappa shape index (κ2) is 7.27. The van der Waals surface area contributed by atoms with E-state index in [0.29, 0.717) is 5.92 Å². The van der Waals surface area contributed by atoms with Crippen LogP contribution in [0.25, 0.3) is 10.9 Å². The molecule has 0 bridgehead atoms. The summed E-state index contributed by atoms with van der Waals surface area (Å²) in [5, 5.41) is 4.85. The molecule has 1 aliphatic rings. The molecule has 4 heteroatoms. The smallest absolute Gasteiger partial charge is 0.0594 e. The molecule has 2 heterocycles. The standard InChI is InChI=1S/C18H27N3O/c1-14(2)17-12-16-4-3-15(11-18(16)20-17)13-19-5-6-21-7-9-22-10-8-21/h3-4,11-12,14,19-20H,5-10,13H2,1-2H3. The molecule has 0 saturated carbocycles. The molecule has 1 aromatic heterocycles. The molecule has 0 radical (unpaired) electrons. The van der Waals surface area contributed by atoms with Gasteiger partial charge in [0, 0.05) is 43.9 Å². The Labute approximate surface area is 132 Å². The highest BCUT2D eigenvalue weighted by Crippen LogP contribution is 2.21. The van der Waals surface area contributed by atoms with Gasteiger partial charge in [-0.25, -0.2) is 0 Å². The van der Waals surface area contributed by atoms with Crippen molar-refractivity contribution in [3.63, 3.8) is 0 Å². The van der Waals surface area contributed by atoms with E-state index in [-0.39, 0.29) is 0 Å². The van der Waals surface area contributed by atoms with Crippen LogP contribution < -0.4 is 5.32 Å². The van der Waals surface area contributed by atoms with Crippen LogP contribution in [-0.2, 0) is 11.3 Å². The number of fused-ring (bicyclic) bond motifs is 1. The van der Waals surface area contributed by atoms with Crippen molar-refractivity contribution in [3.8, 4) is 0 Å². The van der Waals surface area contributed by atoms with Crippen LogP contribution in [0.5, 0.6) is 0 Å². The highest BCUT2D eigenvalue weighted by atomic mass is 16.5. The first kappa shape index (κ1) is 15.5. The summed E-state index contributed by atoms with van der Waals surface area (Å²) in [6.45, 7) is 11.4. The van der Waals surface area contributed by atoms with Crippen LogP contribution in [0.1, 0.15) is 31.0 Å². The van der Waals surface area contributed by atoms with Crippen LogP contribution in [0.4, 0.5) is 0 Å². The molecule has 0 unspecified atom stereocenters. The number of morpholine rings is 1. The summed E-state index contributed by atoms with van der Waals surface area (Å²) >= 11 is 0. The Bertz CT molecular complexity index is 599. The van der Waals surface area contributed by atoms with Gasteiger partial charge >= 0.3 is 0 Å². The molecule has 0 aliphatic carbocycles. The Morgan fingerprint density at radius 3 is 2.82 bits per heavy atom. The van der Waals surface area contributed by atoms with E-state index in [2.05, 4.69) is 53.3 Å². The molecule has 3 rings (SSSR count). The quantitative estimate of drug-likeness (QED) is 0.806. The maximum absolute atomic E-state index is 5.37. The number of nitrogens with one attached hydrogen (secondary N) is 2. The van der Waals surface area contributed by atoms with E-state index in [1.54, 1.807) is 0 Å². The van der Waals surface area contributed by atoms with Gasteiger partial charge in [-0.15, -0.1) is 0 Å². The lowest BCUT2D eigenvalue weighted by Crippen LogP contribution is -2.40. The third-order valence-electron chi connectivity index (χ3n) is 4.37. The fourth-order valence-corrected chi connectivity index (χ4v) is 2.91. The molecule has 22 heavy (non-hydrogen) atoms. The first-order valence-corrected chi connectivity index (χ1v) is 8.35. The topological polar surface area (TPSA) is 40.3 Å². The van der Waals surface area contributed by atoms with Gasteiger partial charge in [-0.05, 0) is 29.0 Å². The van der Waals surface area contributed by atoms with Gasteiger partial charge in [0.25, 0.3) is 0 Å². The van der Waals surface area contributed by atoms with Gasteiger partial charge in [0.1, 0.15) is 0 Å². The molecule has 4 nitrogen and oxygen atoms in total.